The van der Waals surface area contributed by atoms with E-state index in [4.69, 9.17) is 23.2 Å². The van der Waals surface area contributed by atoms with E-state index < -0.39 is 10.0 Å². The molecule has 0 unspecified atom stereocenters. The number of benzene rings is 2. The van der Waals surface area contributed by atoms with Crippen LogP contribution in [-0.2, 0) is 21.2 Å². The Kier molecular flexibility index (Phi) is 9.93. The predicted octanol–water partition coefficient (Wildman–Crippen LogP) is 5.08. The number of anilines is 2. The van der Waals surface area contributed by atoms with E-state index in [-0.39, 0.29) is 11.9 Å². The molecule has 0 aliphatic heterocycles. The molecule has 0 radical (unpaired) electrons. The Morgan fingerprint density at radius 3 is 2.32 bits per heavy atom. The van der Waals surface area contributed by atoms with Gasteiger partial charge < -0.3 is 10.6 Å². The van der Waals surface area contributed by atoms with Crippen molar-refractivity contribution < 1.29 is 13.2 Å². The molecule has 0 fully saturated rings. The van der Waals surface area contributed by atoms with Gasteiger partial charge in [-0.05, 0) is 48.7 Å². The van der Waals surface area contributed by atoms with E-state index in [0.29, 0.717) is 35.1 Å². The molecule has 2 aromatic rings. The smallest absolute Gasteiger partial charge is 0.229 e. The van der Waals surface area contributed by atoms with Crippen molar-refractivity contribution in [3.8, 4) is 0 Å². The molecule has 1 atom stereocenters. The quantitative estimate of drug-likeness (QED) is 0.390. The summed E-state index contributed by atoms with van der Waals surface area (Å²) in [7, 11) is -3.30. The number of halogens is 2. The van der Waals surface area contributed by atoms with Crippen molar-refractivity contribution in [3.05, 3.63) is 58.1 Å². The topological polar surface area (TPSA) is 87.3 Å². The van der Waals surface area contributed by atoms with Crippen LogP contribution >= 0.6 is 23.2 Å². The maximum absolute atomic E-state index is 12.5. The third-order valence-electron chi connectivity index (χ3n) is 4.64. The van der Waals surface area contributed by atoms with Gasteiger partial charge in [0.25, 0.3) is 0 Å². The summed E-state index contributed by atoms with van der Waals surface area (Å²) in [5.74, 6) is -0.0182. The second kappa shape index (κ2) is 12.2. The molecule has 0 heterocycles. The average molecular weight is 486 g/mol. The molecule has 0 aliphatic rings. The van der Waals surface area contributed by atoms with Crippen molar-refractivity contribution in [2.45, 2.75) is 45.1 Å². The van der Waals surface area contributed by atoms with Crippen LogP contribution in [0.5, 0.6) is 0 Å². The van der Waals surface area contributed by atoms with Crippen LogP contribution in [0.1, 0.15) is 38.2 Å². The fourth-order valence-corrected chi connectivity index (χ4v) is 3.90. The number of carbonyl (C=O) groups excluding carboxylic acids is 1. The van der Waals surface area contributed by atoms with Gasteiger partial charge in [-0.1, -0.05) is 55.1 Å². The zero-order valence-corrected chi connectivity index (χ0v) is 20.1. The van der Waals surface area contributed by atoms with Crippen LogP contribution in [0.4, 0.5) is 11.4 Å². The summed E-state index contributed by atoms with van der Waals surface area (Å²) in [5, 5.41) is 7.41. The van der Waals surface area contributed by atoms with E-state index in [1.54, 1.807) is 24.3 Å². The summed E-state index contributed by atoms with van der Waals surface area (Å²) in [6, 6.07) is 12.4. The van der Waals surface area contributed by atoms with Gasteiger partial charge in [-0.15, -0.1) is 0 Å². The highest BCUT2D eigenvalue weighted by molar-refractivity contribution is 7.92. The maximum Gasteiger partial charge on any atom is 0.229 e. The zero-order valence-electron chi connectivity index (χ0n) is 17.8. The normalized spacial score (nSPS) is 12.3. The molecule has 170 valence electrons. The number of nitrogens with one attached hydrogen (secondary N) is 3. The largest absolute Gasteiger partial charge is 0.383 e. The summed E-state index contributed by atoms with van der Waals surface area (Å²) < 4.78 is 25.0. The number of amides is 1. The van der Waals surface area contributed by atoms with E-state index in [1.165, 1.54) is 0 Å². The van der Waals surface area contributed by atoms with Crippen LogP contribution in [0, 0.1) is 0 Å². The Balaban J connectivity index is 1.85. The molecule has 6 nitrogen and oxygen atoms in total. The molecule has 2 aromatic carbocycles. The van der Waals surface area contributed by atoms with Gasteiger partial charge in [-0.3, -0.25) is 9.52 Å². The van der Waals surface area contributed by atoms with Crippen LogP contribution in [0.3, 0.4) is 0 Å². The Morgan fingerprint density at radius 2 is 1.71 bits per heavy atom. The van der Waals surface area contributed by atoms with E-state index in [2.05, 4.69) is 22.3 Å². The van der Waals surface area contributed by atoms with Crippen LogP contribution in [0.15, 0.2) is 42.5 Å². The molecule has 0 aliphatic carbocycles. The Hall–Kier alpha value is -1.96. The fraction of sp³-hybridized carbons (Fsp3) is 0.409. The lowest BCUT2D eigenvalue weighted by Gasteiger charge is -2.20. The SMILES string of the molecule is CCCC[C@@H](CNc1ccc(Cl)c(Cl)c1)NC(=O)CCc1ccc(NS(C)(=O)=O)cc1. The molecule has 2 rings (SSSR count). The Morgan fingerprint density at radius 1 is 1.03 bits per heavy atom. The number of rotatable bonds is 12. The van der Waals surface area contributed by atoms with Crippen LogP contribution < -0.4 is 15.4 Å². The van der Waals surface area contributed by atoms with Crippen LogP contribution in [-0.4, -0.2) is 33.2 Å². The van der Waals surface area contributed by atoms with Crippen molar-refractivity contribution >= 4 is 50.5 Å². The van der Waals surface area contributed by atoms with Gasteiger partial charge in [0.1, 0.15) is 0 Å². The molecule has 3 N–H and O–H groups in total. The van der Waals surface area contributed by atoms with Crippen LogP contribution in [0.25, 0.3) is 0 Å². The van der Waals surface area contributed by atoms with Crippen molar-refractivity contribution in [2.24, 2.45) is 0 Å². The monoisotopic (exact) mass is 485 g/mol. The van der Waals surface area contributed by atoms with Crippen LogP contribution in [0.2, 0.25) is 10.0 Å². The molecule has 0 saturated heterocycles. The van der Waals surface area contributed by atoms with Gasteiger partial charge in [-0.25, -0.2) is 8.42 Å². The second-order valence-electron chi connectivity index (χ2n) is 7.49. The van der Waals surface area contributed by atoms with Gasteiger partial charge in [0.15, 0.2) is 0 Å². The van der Waals surface area contributed by atoms with Gasteiger partial charge >= 0.3 is 0 Å². The van der Waals surface area contributed by atoms with Crippen molar-refractivity contribution in [2.75, 3.05) is 22.8 Å². The first kappa shape index (κ1) is 25.3. The highest BCUT2D eigenvalue weighted by Gasteiger charge is 2.13. The molecular formula is C22H29Cl2N3O3S. The third kappa shape index (κ3) is 9.80. The first-order valence-electron chi connectivity index (χ1n) is 10.2. The summed E-state index contributed by atoms with van der Waals surface area (Å²) in [4.78, 5) is 12.5. The van der Waals surface area contributed by atoms with E-state index in [1.807, 2.05) is 18.2 Å². The second-order valence-corrected chi connectivity index (χ2v) is 10.1. The van der Waals surface area contributed by atoms with Gasteiger partial charge in [0, 0.05) is 30.4 Å². The van der Waals surface area contributed by atoms with E-state index in [0.717, 1.165) is 36.8 Å². The highest BCUT2D eigenvalue weighted by atomic mass is 35.5. The van der Waals surface area contributed by atoms with Gasteiger partial charge in [0.2, 0.25) is 15.9 Å². The lowest BCUT2D eigenvalue weighted by Crippen LogP contribution is -2.39. The van der Waals surface area contributed by atoms with Crippen molar-refractivity contribution in [3.63, 3.8) is 0 Å². The Bertz CT molecular complexity index is 966. The number of sulfonamides is 1. The summed E-state index contributed by atoms with van der Waals surface area (Å²) >= 11 is 12.0. The summed E-state index contributed by atoms with van der Waals surface area (Å²) in [5.41, 5.74) is 2.32. The zero-order chi connectivity index (χ0) is 22.9. The molecule has 1 amide bonds. The molecule has 0 aromatic heterocycles. The first-order valence-corrected chi connectivity index (χ1v) is 12.9. The molecule has 9 heteroatoms. The minimum absolute atomic E-state index is 0.00300. The number of carbonyl (C=O) groups is 1. The molecular weight excluding hydrogens is 457 g/mol. The summed E-state index contributed by atoms with van der Waals surface area (Å²) in [6.07, 6.45) is 4.98. The fourth-order valence-electron chi connectivity index (χ4n) is 3.03. The minimum Gasteiger partial charge on any atom is -0.383 e. The molecule has 0 bridgehead atoms. The number of unbranched alkanes of at least 4 members (excludes halogenated alkanes) is 1. The molecule has 31 heavy (non-hydrogen) atoms. The standard InChI is InChI=1S/C22H29Cl2N3O3S/c1-3-4-5-19(15-25-18-11-12-20(23)21(24)14-18)26-22(28)13-8-16-6-9-17(10-7-16)27-31(2,29)30/h6-7,9-12,14,19,25,27H,3-5,8,13,15H2,1-2H3,(H,26,28)/t19-/m0/s1. The summed E-state index contributed by atoms with van der Waals surface area (Å²) in [6.45, 7) is 2.71. The Labute approximate surface area is 194 Å². The maximum atomic E-state index is 12.5. The lowest BCUT2D eigenvalue weighted by atomic mass is 10.1. The average Bonchev–Trinajstić information content (AvgIpc) is 2.71. The lowest BCUT2D eigenvalue weighted by molar-refractivity contribution is -0.121. The first-order chi connectivity index (χ1) is 14.7. The van der Waals surface area contributed by atoms with Crippen molar-refractivity contribution in [1.82, 2.24) is 5.32 Å². The van der Waals surface area contributed by atoms with Gasteiger partial charge in [-0.2, -0.15) is 0 Å². The number of aryl methyl sites for hydroxylation is 1. The van der Waals surface area contributed by atoms with Gasteiger partial charge in [0.05, 0.1) is 16.3 Å². The van der Waals surface area contributed by atoms with E-state index in [9.17, 15) is 13.2 Å². The molecule has 0 spiro atoms. The van der Waals surface area contributed by atoms with E-state index >= 15 is 0 Å². The predicted molar refractivity (Wildman–Crippen MR) is 130 cm³/mol. The number of hydrogen-bond donors (Lipinski definition) is 3. The highest BCUT2D eigenvalue weighted by Crippen LogP contribution is 2.25. The third-order valence-corrected chi connectivity index (χ3v) is 5.99. The van der Waals surface area contributed by atoms with Crippen molar-refractivity contribution in [1.29, 1.82) is 0 Å². The minimum atomic E-state index is -3.30. The number of hydrogen-bond acceptors (Lipinski definition) is 4. The molecule has 0 saturated carbocycles.